The molecule has 0 saturated heterocycles. The summed E-state index contributed by atoms with van der Waals surface area (Å²) in [5.74, 6) is -0.515. The highest BCUT2D eigenvalue weighted by atomic mass is 32.2. The lowest BCUT2D eigenvalue weighted by Crippen LogP contribution is -2.42. The standard InChI is InChI=1S/C21H27FN2O4S/c1-6-24(7-2)29(26,27)19-14-17(11-8-15(19)3)23-20(25)21(4,5)28-18-12-9-16(22)10-13-18/h8-14H,6-7H2,1-5H3,(H,23,25). The molecule has 0 fully saturated rings. The van der Waals surface area contributed by atoms with E-state index in [1.807, 2.05) is 0 Å². The number of halogens is 1. The monoisotopic (exact) mass is 422 g/mol. The van der Waals surface area contributed by atoms with Crippen molar-refractivity contribution in [3.63, 3.8) is 0 Å². The van der Waals surface area contributed by atoms with E-state index in [9.17, 15) is 17.6 Å². The van der Waals surface area contributed by atoms with Crippen LogP contribution in [0.1, 0.15) is 33.3 Å². The molecule has 0 saturated carbocycles. The van der Waals surface area contributed by atoms with Crippen LogP contribution >= 0.6 is 0 Å². The van der Waals surface area contributed by atoms with Gasteiger partial charge in [0.05, 0.1) is 4.90 Å². The Bertz CT molecular complexity index is 969. The van der Waals surface area contributed by atoms with E-state index >= 15 is 0 Å². The van der Waals surface area contributed by atoms with Crippen LogP contribution in [0.4, 0.5) is 10.1 Å². The van der Waals surface area contributed by atoms with Crippen LogP contribution in [0.3, 0.4) is 0 Å². The fourth-order valence-corrected chi connectivity index (χ4v) is 4.49. The fraction of sp³-hybridized carbons (Fsp3) is 0.381. The topological polar surface area (TPSA) is 75.7 Å². The molecule has 0 aliphatic carbocycles. The quantitative estimate of drug-likeness (QED) is 0.699. The highest BCUT2D eigenvalue weighted by molar-refractivity contribution is 7.89. The van der Waals surface area contributed by atoms with Crippen molar-refractivity contribution in [3.05, 3.63) is 53.8 Å². The van der Waals surface area contributed by atoms with Gasteiger partial charge >= 0.3 is 0 Å². The van der Waals surface area contributed by atoms with Crippen molar-refractivity contribution in [2.45, 2.75) is 45.1 Å². The SMILES string of the molecule is CCN(CC)S(=O)(=O)c1cc(NC(=O)C(C)(C)Oc2ccc(F)cc2)ccc1C. The van der Waals surface area contributed by atoms with Gasteiger partial charge in [-0.25, -0.2) is 12.8 Å². The number of benzene rings is 2. The van der Waals surface area contributed by atoms with Crippen molar-refractivity contribution in [1.82, 2.24) is 4.31 Å². The summed E-state index contributed by atoms with van der Waals surface area (Å²) in [6, 6.07) is 10.1. The minimum Gasteiger partial charge on any atom is -0.478 e. The van der Waals surface area contributed by atoms with Gasteiger partial charge in [0, 0.05) is 18.8 Å². The molecule has 0 heterocycles. The molecule has 0 aliphatic heterocycles. The van der Waals surface area contributed by atoms with Crippen molar-refractivity contribution >= 4 is 21.6 Å². The summed E-state index contributed by atoms with van der Waals surface area (Å²) >= 11 is 0. The molecule has 0 aromatic heterocycles. The Morgan fingerprint density at radius 2 is 1.69 bits per heavy atom. The average Bonchev–Trinajstić information content (AvgIpc) is 2.65. The van der Waals surface area contributed by atoms with Gasteiger partial charge in [0.15, 0.2) is 5.60 Å². The van der Waals surface area contributed by atoms with Crippen LogP contribution in [0.5, 0.6) is 5.75 Å². The Kier molecular flexibility index (Phi) is 7.02. The van der Waals surface area contributed by atoms with Crippen LogP contribution in [0, 0.1) is 12.7 Å². The zero-order valence-electron chi connectivity index (χ0n) is 17.3. The molecule has 1 amide bonds. The van der Waals surface area contributed by atoms with Crippen molar-refractivity contribution in [2.75, 3.05) is 18.4 Å². The number of amides is 1. The summed E-state index contributed by atoms with van der Waals surface area (Å²) in [5.41, 5.74) is -0.320. The highest BCUT2D eigenvalue weighted by Crippen LogP contribution is 2.25. The van der Waals surface area contributed by atoms with Crippen LogP contribution in [-0.2, 0) is 14.8 Å². The minimum atomic E-state index is -3.66. The Labute approximate surface area is 171 Å². The smallest absolute Gasteiger partial charge is 0.267 e. The second kappa shape index (κ2) is 8.92. The number of nitrogens with zero attached hydrogens (tertiary/aromatic N) is 1. The van der Waals surface area contributed by atoms with Gasteiger partial charge in [0.1, 0.15) is 11.6 Å². The van der Waals surface area contributed by atoms with Gasteiger partial charge in [-0.2, -0.15) is 4.31 Å². The number of aryl methyl sites for hydroxylation is 1. The van der Waals surface area contributed by atoms with E-state index in [-0.39, 0.29) is 4.90 Å². The van der Waals surface area contributed by atoms with E-state index in [4.69, 9.17) is 4.74 Å². The van der Waals surface area contributed by atoms with Gasteiger partial charge in [-0.3, -0.25) is 4.79 Å². The molecule has 0 aliphatic rings. The van der Waals surface area contributed by atoms with Gasteiger partial charge < -0.3 is 10.1 Å². The van der Waals surface area contributed by atoms with Crippen molar-refractivity contribution in [2.24, 2.45) is 0 Å². The van der Waals surface area contributed by atoms with Crippen LogP contribution in [0.2, 0.25) is 0 Å². The first kappa shape index (κ1) is 22.8. The molecule has 0 unspecified atom stereocenters. The zero-order valence-corrected chi connectivity index (χ0v) is 18.1. The molecule has 6 nitrogen and oxygen atoms in total. The van der Waals surface area contributed by atoms with E-state index < -0.39 is 27.3 Å². The molecule has 0 atom stereocenters. The van der Waals surface area contributed by atoms with Crippen LogP contribution in [0.25, 0.3) is 0 Å². The lowest BCUT2D eigenvalue weighted by molar-refractivity contribution is -0.128. The van der Waals surface area contributed by atoms with Gasteiger partial charge in [0.25, 0.3) is 5.91 Å². The van der Waals surface area contributed by atoms with E-state index in [0.717, 1.165) is 0 Å². The largest absolute Gasteiger partial charge is 0.478 e. The fourth-order valence-electron chi connectivity index (χ4n) is 2.78. The second-order valence-corrected chi connectivity index (χ2v) is 9.00. The predicted molar refractivity (Wildman–Crippen MR) is 111 cm³/mol. The number of hydrogen-bond acceptors (Lipinski definition) is 4. The first-order valence-electron chi connectivity index (χ1n) is 9.38. The molecule has 2 aromatic rings. The molecular formula is C21H27FN2O4S. The first-order valence-corrected chi connectivity index (χ1v) is 10.8. The Morgan fingerprint density at radius 3 is 2.24 bits per heavy atom. The lowest BCUT2D eigenvalue weighted by atomic mass is 10.1. The molecule has 2 aromatic carbocycles. The molecule has 0 radical (unpaired) electrons. The number of anilines is 1. The number of rotatable bonds is 8. The van der Waals surface area contributed by atoms with Crippen molar-refractivity contribution < 1.29 is 22.3 Å². The third-order valence-corrected chi connectivity index (χ3v) is 6.69. The van der Waals surface area contributed by atoms with E-state index in [1.165, 1.54) is 34.6 Å². The summed E-state index contributed by atoms with van der Waals surface area (Å²) in [4.78, 5) is 12.9. The number of sulfonamides is 1. The molecule has 0 spiro atoms. The maximum absolute atomic E-state index is 13.1. The summed E-state index contributed by atoms with van der Waals surface area (Å²) in [6.07, 6.45) is 0. The van der Waals surface area contributed by atoms with Crippen LogP contribution in [-0.4, -0.2) is 37.3 Å². The Balaban J connectivity index is 2.25. The molecule has 8 heteroatoms. The number of hydrogen-bond donors (Lipinski definition) is 1. The second-order valence-electron chi connectivity index (χ2n) is 7.09. The van der Waals surface area contributed by atoms with Crippen molar-refractivity contribution in [1.29, 1.82) is 0 Å². The normalized spacial score (nSPS) is 12.1. The van der Waals surface area contributed by atoms with Crippen molar-refractivity contribution in [3.8, 4) is 5.75 Å². The van der Waals surface area contributed by atoms with E-state index in [1.54, 1.807) is 46.8 Å². The number of nitrogens with one attached hydrogen (secondary N) is 1. The summed E-state index contributed by atoms with van der Waals surface area (Å²) < 4.78 is 45.9. The summed E-state index contributed by atoms with van der Waals surface area (Å²) in [5, 5.41) is 2.71. The lowest BCUT2D eigenvalue weighted by Gasteiger charge is -2.26. The van der Waals surface area contributed by atoms with E-state index in [0.29, 0.717) is 30.1 Å². The first-order chi connectivity index (χ1) is 13.5. The summed E-state index contributed by atoms with van der Waals surface area (Å²) in [7, 11) is -3.66. The minimum absolute atomic E-state index is 0.149. The summed E-state index contributed by atoms with van der Waals surface area (Å²) in [6.45, 7) is 9.12. The Hall–Kier alpha value is -2.45. The van der Waals surface area contributed by atoms with Gasteiger partial charge in [-0.05, 0) is 62.7 Å². The number of carbonyl (C=O) groups excluding carboxylic acids is 1. The third-order valence-electron chi connectivity index (χ3n) is 4.50. The maximum atomic E-state index is 13.1. The average molecular weight is 423 g/mol. The molecular weight excluding hydrogens is 395 g/mol. The number of carbonyl (C=O) groups is 1. The highest BCUT2D eigenvalue weighted by Gasteiger charge is 2.31. The molecule has 1 N–H and O–H groups in total. The zero-order chi connectivity index (χ0) is 21.8. The van der Waals surface area contributed by atoms with Gasteiger partial charge in [-0.1, -0.05) is 19.9 Å². The van der Waals surface area contributed by atoms with Crippen LogP contribution < -0.4 is 10.1 Å². The van der Waals surface area contributed by atoms with Gasteiger partial charge in [-0.15, -0.1) is 0 Å². The van der Waals surface area contributed by atoms with Gasteiger partial charge in [0.2, 0.25) is 10.0 Å². The predicted octanol–water partition coefficient (Wildman–Crippen LogP) is 3.96. The third kappa shape index (κ3) is 5.33. The van der Waals surface area contributed by atoms with Crippen LogP contribution in [0.15, 0.2) is 47.4 Å². The number of ether oxygens (including phenoxy) is 1. The maximum Gasteiger partial charge on any atom is 0.267 e. The molecule has 2 rings (SSSR count). The molecule has 29 heavy (non-hydrogen) atoms. The molecule has 158 valence electrons. The van der Waals surface area contributed by atoms with E-state index in [2.05, 4.69) is 5.32 Å². The molecule has 0 bridgehead atoms. The Morgan fingerprint density at radius 1 is 1.10 bits per heavy atom.